The fourth-order valence-electron chi connectivity index (χ4n) is 3.50. The lowest BCUT2D eigenvalue weighted by Crippen LogP contribution is -2.09. The van der Waals surface area contributed by atoms with E-state index in [2.05, 4.69) is 31.2 Å². The minimum Gasteiger partial charge on any atom is -0.0654 e. The van der Waals surface area contributed by atoms with Gasteiger partial charge in [0.05, 0.1) is 0 Å². The first kappa shape index (κ1) is 14.6. The summed E-state index contributed by atoms with van der Waals surface area (Å²) in [5.41, 5.74) is 3.29. The van der Waals surface area contributed by atoms with Gasteiger partial charge < -0.3 is 0 Å². The van der Waals surface area contributed by atoms with Crippen molar-refractivity contribution in [1.29, 1.82) is 0 Å². The van der Waals surface area contributed by atoms with Gasteiger partial charge in [0, 0.05) is 0 Å². The highest BCUT2D eigenvalue weighted by atomic mass is 14.2. The van der Waals surface area contributed by atoms with Gasteiger partial charge >= 0.3 is 0 Å². The van der Waals surface area contributed by atoms with Gasteiger partial charge in [-0.15, -0.1) is 0 Å². The Kier molecular flexibility index (Phi) is 6.47. The van der Waals surface area contributed by atoms with Gasteiger partial charge in [-0.05, 0) is 42.7 Å². The Hall–Kier alpha value is -0.780. The van der Waals surface area contributed by atoms with Crippen molar-refractivity contribution in [3.05, 3.63) is 35.4 Å². The molecule has 1 aromatic rings. The summed E-state index contributed by atoms with van der Waals surface area (Å²) in [6.07, 6.45) is 15.6. The summed E-state index contributed by atoms with van der Waals surface area (Å²) in [5, 5.41) is 0. The van der Waals surface area contributed by atoms with Gasteiger partial charge in [0.2, 0.25) is 0 Å². The molecule has 0 spiro atoms. The molecule has 106 valence electrons. The lowest BCUT2D eigenvalue weighted by atomic mass is 9.80. The maximum absolute atomic E-state index is 2.38. The summed E-state index contributed by atoms with van der Waals surface area (Å²) >= 11 is 0. The van der Waals surface area contributed by atoms with E-state index >= 15 is 0 Å². The Balaban J connectivity index is 1.67. The quantitative estimate of drug-likeness (QED) is 0.484. The van der Waals surface area contributed by atoms with Crippen molar-refractivity contribution in [1.82, 2.24) is 0 Å². The van der Waals surface area contributed by atoms with Crippen LogP contribution >= 0.6 is 0 Å². The van der Waals surface area contributed by atoms with Crippen LogP contribution in [-0.2, 0) is 6.42 Å². The first-order valence-electron chi connectivity index (χ1n) is 8.49. The van der Waals surface area contributed by atoms with E-state index < -0.39 is 0 Å². The van der Waals surface area contributed by atoms with Crippen LogP contribution in [0.4, 0.5) is 0 Å². The zero-order chi connectivity index (χ0) is 13.3. The zero-order valence-corrected chi connectivity index (χ0v) is 12.7. The molecule has 0 fully saturated rings. The van der Waals surface area contributed by atoms with Gasteiger partial charge in [0.25, 0.3) is 0 Å². The van der Waals surface area contributed by atoms with Gasteiger partial charge in [0.1, 0.15) is 0 Å². The third-order valence-electron chi connectivity index (χ3n) is 4.65. The Bertz CT molecular complexity index is 353. The van der Waals surface area contributed by atoms with E-state index in [4.69, 9.17) is 0 Å². The van der Waals surface area contributed by atoms with Crippen LogP contribution in [0.1, 0.15) is 88.2 Å². The second kappa shape index (κ2) is 8.40. The molecular weight excluding hydrogens is 228 g/mol. The third-order valence-corrected chi connectivity index (χ3v) is 4.65. The molecule has 2 rings (SSSR count). The summed E-state index contributed by atoms with van der Waals surface area (Å²) in [6, 6.07) is 9.14. The Morgan fingerprint density at radius 1 is 0.947 bits per heavy atom. The first-order chi connectivity index (χ1) is 9.42. The highest BCUT2D eigenvalue weighted by molar-refractivity contribution is 5.32. The van der Waals surface area contributed by atoms with E-state index in [1.807, 2.05) is 0 Å². The van der Waals surface area contributed by atoms with E-state index in [-0.39, 0.29) is 0 Å². The number of benzene rings is 1. The zero-order valence-electron chi connectivity index (χ0n) is 12.7. The molecule has 0 heteroatoms. The summed E-state index contributed by atoms with van der Waals surface area (Å²) in [6.45, 7) is 2.29. The summed E-state index contributed by atoms with van der Waals surface area (Å²) in [5.74, 6) is 0.862. The number of aryl methyl sites for hydroxylation is 1. The molecule has 19 heavy (non-hydrogen) atoms. The molecule has 0 nitrogen and oxygen atoms in total. The van der Waals surface area contributed by atoms with E-state index in [9.17, 15) is 0 Å². The first-order valence-corrected chi connectivity index (χ1v) is 8.49. The molecule has 1 aromatic carbocycles. The average Bonchev–Trinajstić information content (AvgIpc) is 2.46. The highest BCUT2D eigenvalue weighted by Crippen LogP contribution is 2.35. The van der Waals surface area contributed by atoms with Gasteiger partial charge in [-0.25, -0.2) is 0 Å². The predicted octanol–water partition coefficient (Wildman–Crippen LogP) is 6.25. The Labute approximate surface area is 119 Å². The van der Waals surface area contributed by atoms with Gasteiger partial charge in [-0.2, -0.15) is 0 Å². The maximum Gasteiger partial charge on any atom is -0.0159 e. The number of hydrogen-bond donors (Lipinski definition) is 0. The fraction of sp³-hybridized carbons (Fsp3) is 0.684. The molecule has 1 unspecified atom stereocenters. The van der Waals surface area contributed by atoms with Crippen molar-refractivity contribution in [3.8, 4) is 0 Å². The van der Waals surface area contributed by atoms with Crippen LogP contribution in [0, 0.1) is 0 Å². The normalized spacial score (nSPS) is 18.3. The van der Waals surface area contributed by atoms with Crippen molar-refractivity contribution in [2.24, 2.45) is 0 Å². The van der Waals surface area contributed by atoms with E-state index in [1.165, 1.54) is 70.6 Å². The lowest BCUT2D eigenvalue weighted by Gasteiger charge is -2.25. The summed E-state index contributed by atoms with van der Waals surface area (Å²) in [4.78, 5) is 0. The van der Waals surface area contributed by atoms with Crippen LogP contribution in [0.25, 0.3) is 0 Å². The standard InChI is InChI=1S/C19H30/c1-2-3-4-5-6-7-8-12-17-14-11-15-18-13-9-10-16-19(17)18/h9-10,13,16-17H,2-8,11-12,14-15H2,1H3. The molecule has 0 bridgehead atoms. The SMILES string of the molecule is CCCCCCCCCC1CCCc2ccccc21. The highest BCUT2D eigenvalue weighted by Gasteiger charge is 2.18. The molecule has 0 aromatic heterocycles. The minimum atomic E-state index is 0.862. The number of rotatable bonds is 8. The van der Waals surface area contributed by atoms with E-state index in [0.717, 1.165) is 5.92 Å². The fourth-order valence-corrected chi connectivity index (χ4v) is 3.50. The molecule has 0 N–H and O–H groups in total. The molecule has 0 heterocycles. The Morgan fingerprint density at radius 3 is 2.53 bits per heavy atom. The van der Waals surface area contributed by atoms with Crippen molar-refractivity contribution in [3.63, 3.8) is 0 Å². The third kappa shape index (κ3) is 4.67. The van der Waals surface area contributed by atoms with Crippen LogP contribution in [0.5, 0.6) is 0 Å². The minimum absolute atomic E-state index is 0.862. The second-order valence-electron chi connectivity index (χ2n) is 6.20. The van der Waals surface area contributed by atoms with Gasteiger partial charge in [-0.3, -0.25) is 0 Å². The van der Waals surface area contributed by atoms with Gasteiger partial charge in [0.15, 0.2) is 0 Å². The van der Waals surface area contributed by atoms with Crippen LogP contribution < -0.4 is 0 Å². The topological polar surface area (TPSA) is 0 Å². The molecule has 0 saturated carbocycles. The van der Waals surface area contributed by atoms with Crippen LogP contribution in [0.3, 0.4) is 0 Å². The smallest absolute Gasteiger partial charge is 0.0159 e. The molecule has 0 aliphatic heterocycles. The number of hydrogen-bond acceptors (Lipinski definition) is 0. The van der Waals surface area contributed by atoms with Crippen LogP contribution in [0.2, 0.25) is 0 Å². The molecule has 0 radical (unpaired) electrons. The molecule has 1 aliphatic rings. The van der Waals surface area contributed by atoms with Crippen LogP contribution in [-0.4, -0.2) is 0 Å². The van der Waals surface area contributed by atoms with Crippen molar-refractivity contribution >= 4 is 0 Å². The van der Waals surface area contributed by atoms with Crippen molar-refractivity contribution in [2.75, 3.05) is 0 Å². The largest absolute Gasteiger partial charge is 0.0654 e. The molecule has 1 aliphatic carbocycles. The molecule has 0 amide bonds. The maximum atomic E-state index is 2.38. The molecule has 0 saturated heterocycles. The van der Waals surface area contributed by atoms with E-state index in [0.29, 0.717) is 0 Å². The van der Waals surface area contributed by atoms with Crippen molar-refractivity contribution in [2.45, 2.75) is 83.5 Å². The Morgan fingerprint density at radius 2 is 1.68 bits per heavy atom. The summed E-state index contributed by atoms with van der Waals surface area (Å²) < 4.78 is 0. The van der Waals surface area contributed by atoms with E-state index in [1.54, 1.807) is 11.1 Å². The molecular formula is C19H30. The average molecular weight is 258 g/mol. The lowest BCUT2D eigenvalue weighted by molar-refractivity contribution is 0.482. The monoisotopic (exact) mass is 258 g/mol. The number of fused-ring (bicyclic) bond motifs is 1. The summed E-state index contributed by atoms with van der Waals surface area (Å²) in [7, 11) is 0. The van der Waals surface area contributed by atoms with Crippen molar-refractivity contribution < 1.29 is 0 Å². The van der Waals surface area contributed by atoms with Crippen LogP contribution in [0.15, 0.2) is 24.3 Å². The molecule has 1 atom stereocenters. The second-order valence-corrected chi connectivity index (χ2v) is 6.20. The van der Waals surface area contributed by atoms with Gasteiger partial charge in [-0.1, -0.05) is 76.1 Å². The predicted molar refractivity (Wildman–Crippen MR) is 84.7 cm³/mol. The number of unbranched alkanes of at least 4 members (excludes halogenated alkanes) is 6.